The zero-order valence-corrected chi connectivity index (χ0v) is 14.0. The van der Waals surface area contributed by atoms with Crippen molar-refractivity contribution in [1.82, 2.24) is 0 Å². The van der Waals surface area contributed by atoms with Crippen molar-refractivity contribution < 1.29 is 9.53 Å². The predicted molar refractivity (Wildman–Crippen MR) is 89.0 cm³/mol. The minimum absolute atomic E-state index is 0.0546. The van der Waals surface area contributed by atoms with E-state index >= 15 is 0 Å². The summed E-state index contributed by atoms with van der Waals surface area (Å²) in [5, 5.41) is 0.677. The van der Waals surface area contributed by atoms with Gasteiger partial charge in [0.05, 0.1) is 11.8 Å². The fourth-order valence-corrected chi connectivity index (χ4v) is 2.48. The normalized spacial score (nSPS) is 10.8. The van der Waals surface area contributed by atoms with Crippen LogP contribution in [0.15, 0.2) is 24.8 Å². The van der Waals surface area contributed by atoms with Gasteiger partial charge in [-0.1, -0.05) is 30.7 Å². The van der Waals surface area contributed by atoms with Crippen molar-refractivity contribution >= 4 is 23.2 Å². The molecule has 0 radical (unpaired) electrons. The summed E-state index contributed by atoms with van der Waals surface area (Å²) < 4.78 is 5.63. The third-order valence-corrected chi connectivity index (χ3v) is 3.57. The van der Waals surface area contributed by atoms with Crippen molar-refractivity contribution in [3.05, 3.63) is 40.9 Å². The number of benzene rings is 1. The van der Waals surface area contributed by atoms with Gasteiger partial charge in [-0.2, -0.15) is 0 Å². The van der Waals surface area contributed by atoms with Crippen molar-refractivity contribution in [1.29, 1.82) is 0 Å². The van der Waals surface area contributed by atoms with Crippen molar-refractivity contribution in [3.63, 3.8) is 0 Å². The molecule has 1 aromatic carbocycles. The van der Waals surface area contributed by atoms with Crippen LogP contribution in [0.4, 0.5) is 5.69 Å². The molecule has 0 aliphatic heterocycles. The topological polar surface area (TPSA) is 29.5 Å². The Hall–Kier alpha value is -1.32. The van der Waals surface area contributed by atoms with Gasteiger partial charge in [-0.05, 0) is 43.9 Å². The molecule has 0 unspecified atom stereocenters. The molecular weight excluding hydrogens is 286 g/mol. The molecular formula is C17H24ClNO2. The third kappa shape index (κ3) is 4.58. The molecule has 0 saturated heterocycles. The number of rotatable bonds is 7. The van der Waals surface area contributed by atoms with Gasteiger partial charge in [0.25, 0.3) is 0 Å². The van der Waals surface area contributed by atoms with Gasteiger partial charge in [-0.15, -0.1) is 6.58 Å². The summed E-state index contributed by atoms with van der Waals surface area (Å²) in [6, 6.07) is 3.83. The van der Waals surface area contributed by atoms with Crippen LogP contribution < -0.4 is 4.90 Å². The van der Waals surface area contributed by atoms with E-state index in [9.17, 15) is 4.79 Å². The van der Waals surface area contributed by atoms with Crippen LogP contribution in [-0.4, -0.2) is 18.7 Å². The Morgan fingerprint density at radius 3 is 2.62 bits per heavy atom. The van der Waals surface area contributed by atoms with Crippen molar-refractivity contribution in [2.24, 2.45) is 0 Å². The maximum absolute atomic E-state index is 12.1. The Morgan fingerprint density at radius 2 is 2.14 bits per heavy atom. The summed E-state index contributed by atoms with van der Waals surface area (Å²) in [4.78, 5) is 13.7. The Bertz CT molecular complexity index is 512. The molecule has 4 heteroatoms. The highest BCUT2D eigenvalue weighted by Crippen LogP contribution is 2.33. The van der Waals surface area contributed by atoms with Gasteiger partial charge >= 0.3 is 0 Å². The number of amides is 1. The van der Waals surface area contributed by atoms with E-state index < -0.39 is 0 Å². The van der Waals surface area contributed by atoms with E-state index in [2.05, 4.69) is 6.58 Å². The average Bonchev–Trinajstić information content (AvgIpc) is 2.41. The second-order valence-electron chi connectivity index (χ2n) is 5.17. The lowest BCUT2D eigenvalue weighted by Gasteiger charge is -2.27. The van der Waals surface area contributed by atoms with Gasteiger partial charge in [-0.25, -0.2) is 0 Å². The van der Waals surface area contributed by atoms with E-state index in [4.69, 9.17) is 16.3 Å². The Labute approximate surface area is 132 Å². The van der Waals surface area contributed by atoms with Crippen LogP contribution >= 0.6 is 11.6 Å². The van der Waals surface area contributed by atoms with Crippen molar-refractivity contribution in [3.8, 4) is 0 Å². The van der Waals surface area contributed by atoms with Crippen LogP contribution in [0.5, 0.6) is 0 Å². The maximum Gasteiger partial charge on any atom is 0.225 e. The predicted octanol–water partition coefficient (Wildman–Crippen LogP) is 4.37. The van der Waals surface area contributed by atoms with Gasteiger partial charge in [-0.3, -0.25) is 9.69 Å². The smallest absolute Gasteiger partial charge is 0.225 e. The molecule has 3 nitrogen and oxygen atoms in total. The van der Waals surface area contributed by atoms with Crippen LogP contribution in [0.3, 0.4) is 0 Å². The molecule has 0 heterocycles. The number of hydrogen-bond donors (Lipinski definition) is 0. The van der Waals surface area contributed by atoms with E-state index in [1.165, 1.54) is 0 Å². The first-order valence-electron chi connectivity index (χ1n) is 7.23. The minimum atomic E-state index is -0.0575. The van der Waals surface area contributed by atoms with E-state index in [1.807, 2.05) is 39.0 Å². The monoisotopic (exact) mass is 309 g/mol. The molecule has 1 rings (SSSR count). The van der Waals surface area contributed by atoms with Crippen LogP contribution in [0.25, 0.3) is 0 Å². The molecule has 0 bridgehead atoms. The maximum atomic E-state index is 12.1. The molecule has 1 aromatic rings. The lowest BCUT2D eigenvalue weighted by Crippen LogP contribution is -2.34. The van der Waals surface area contributed by atoms with Crippen LogP contribution in [0, 0.1) is 0 Å². The molecule has 21 heavy (non-hydrogen) atoms. The molecule has 1 amide bonds. The average molecular weight is 310 g/mol. The summed E-state index contributed by atoms with van der Waals surface area (Å²) in [6.07, 6.45) is 3.32. The van der Waals surface area contributed by atoms with Crippen molar-refractivity contribution in [2.75, 3.05) is 11.6 Å². The highest BCUT2D eigenvalue weighted by Gasteiger charge is 2.20. The second-order valence-corrected chi connectivity index (χ2v) is 5.58. The Balaban J connectivity index is 3.35. The molecule has 0 fully saturated rings. The lowest BCUT2D eigenvalue weighted by molar-refractivity contribution is -0.118. The quantitative estimate of drug-likeness (QED) is 0.553. The molecule has 0 aliphatic rings. The van der Waals surface area contributed by atoms with Crippen LogP contribution in [0.2, 0.25) is 5.02 Å². The molecule has 0 saturated carbocycles. The molecule has 0 atom stereocenters. The summed E-state index contributed by atoms with van der Waals surface area (Å²) in [5.41, 5.74) is 2.87. The SMILES string of the molecule is C=CCc1ccc(Cl)c(CC)c1N(COC(C)C)C(C)=O. The van der Waals surface area contributed by atoms with E-state index in [0.717, 1.165) is 23.2 Å². The van der Waals surface area contributed by atoms with Crippen molar-refractivity contribution in [2.45, 2.75) is 46.6 Å². The molecule has 0 spiro atoms. The van der Waals surface area contributed by atoms with E-state index in [1.54, 1.807) is 11.8 Å². The number of hydrogen-bond acceptors (Lipinski definition) is 2. The Morgan fingerprint density at radius 1 is 1.48 bits per heavy atom. The summed E-state index contributed by atoms with van der Waals surface area (Å²) in [7, 11) is 0. The standard InChI is InChI=1S/C17H24ClNO2/c1-6-8-14-9-10-16(18)15(7-2)17(14)19(13(5)20)11-21-12(3)4/h6,9-10,12H,1,7-8,11H2,2-5H3. The van der Waals surface area contributed by atoms with Gasteiger partial charge in [0.15, 0.2) is 0 Å². The first-order valence-corrected chi connectivity index (χ1v) is 7.60. The Kier molecular flexibility index (Phi) is 6.93. The molecule has 0 N–H and O–H groups in total. The summed E-state index contributed by atoms with van der Waals surface area (Å²) in [5.74, 6) is -0.0575. The molecule has 116 valence electrons. The molecule has 0 aliphatic carbocycles. The highest BCUT2D eigenvalue weighted by atomic mass is 35.5. The number of anilines is 1. The second kappa shape index (κ2) is 8.20. The number of halogens is 1. The fraction of sp³-hybridized carbons (Fsp3) is 0.471. The highest BCUT2D eigenvalue weighted by molar-refractivity contribution is 6.32. The third-order valence-electron chi connectivity index (χ3n) is 3.21. The molecule has 0 aromatic heterocycles. The van der Waals surface area contributed by atoms with Crippen LogP contribution in [0.1, 0.15) is 38.8 Å². The number of allylic oxidation sites excluding steroid dienone is 1. The van der Waals surface area contributed by atoms with Crippen LogP contribution in [-0.2, 0) is 22.4 Å². The fourth-order valence-electron chi connectivity index (χ4n) is 2.19. The van der Waals surface area contributed by atoms with E-state index in [0.29, 0.717) is 11.4 Å². The first kappa shape index (κ1) is 17.7. The number of carbonyl (C=O) groups is 1. The van der Waals surface area contributed by atoms with E-state index in [-0.39, 0.29) is 18.7 Å². The zero-order valence-electron chi connectivity index (χ0n) is 13.3. The van der Waals surface area contributed by atoms with Gasteiger partial charge in [0, 0.05) is 11.9 Å². The van der Waals surface area contributed by atoms with Gasteiger partial charge in [0.2, 0.25) is 5.91 Å². The first-order chi connectivity index (χ1) is 9.92. The lowest BCUT2D eigenvalue weighted by atomic mass is 10.0. The largest absolute Gasteiger partial charge is 0.358 e. The van der Waals surface area contributed by atoms with Gasteiger partial charge in [0.1, 0.15) is 6.73 Å². The number of carbonyl (C=O) groups excluding carboxylic acids is 1. The summed E-state index contributed by atoms with van der Waals surface area (Å²) >= 11 is 6.31. The minimum Gasteiger partial charge on any atom is -0.358 e. The number of ether oxygens (including phenoxy) is 1. The zero-order chi connectivity index (χ0) is 16.0. The summed E-state index contributed by atoms with van der Waals surface area (Å²) in [6.45, 7) is 11.5. The number of nitrogens with zero attached hydrogens (tertiary/aromatic N) is 1. The van der Waals surface area contributed by atoms with Gasteiger partial charge < -0.3 is 4.74 Å².